The zero-order chi connectivity index (χ0) is 18.5. The van der Waals surface area contributed by atoms with Crippen molar-refractivity contribution in [2.45, 2.75) is 13.3 Å². The predicted molar refractivity (Wildman–Crippen MR) is 118 cm³/mol. The Bertz CT molecular complexity index is 476. The normalized spacial score (nSPS) is 17.8. The second-order valence-electron chi connectivity index (χ2n) is 6.33. The molecule has 156 valence electrons. The maximum absolute atomic E-state index is 11.4. The quantitative estimate of drug-likeness (QED) is 0.175. The number of hydrogen-bond acceptors (Lipinski definition) is 6. The van der Waals surface area contributed by atoms with Crippen LogP contribution in [0.15, 0.2) is 4.99 Å². The zero-order valence-electron chi connectivity index (χ0n) is 16.4. The summed E-state index contributed by atoms with van der Waals surface area (Å²) in [6.45, 7) is 9.14. The lowest BCUT2D eigenvalue weighted by Gasteiger charge is -2.25. The summed E-state index contributed by atoms with van der Waals surface area (Å²) in [5.41, 5.74) is 0. The van der Waals surface area contributed by atoms with Crippen molar-refractivity contribution in [3.63, 3.8) is 0 Å². The van der Waals surface area contributed by atoms with E-state index in [1.54, 1.807) is 7.11 Å². The molecule has 0 aromatic heterocycles. The Labute approximate surface area is 176 Å². The lowest BCUT2D eigenvalue weighted by atomic mass is 10.4. The number of sulfone groups is 1. The molecule has 26 heavy (non-hydrogen) atoms. The zero-order valence-corrected chi connectivity index (χ0v) is 19.5. The van der Waals surface area contributed by atoms with Crippen molar-refractivity contribution in [3.8, 4) is 0 Å². The molecule has 0 bridgehead atoms. The third-order valence-corrected chi connectivity index (χ3v) is 5.75. The van der Waals surface area contributed by atoms with Crippen molar-refractivity contribution in [1.82, 2.24) is 20.4 Å². The molecule has 10 heteroatoms. The summed E-state index contributed by atoms with van der Waals surface area (Å²) in [7, 11) is 1.02. The molecule has 0 radical (unpaired) electrons. The van der Waals surface area contributed by atoms with Gasteiger partial charge in [0.25, 0.3) is 0 Å². The SMILES string of the molecule is CCNC(=NCCN1CCS(=O)(=O)CC1)NCCN(C)CCCOC.I. The largest absolute Gasteiger partial charge is 0.385 e. The van der Waals surface area contributed by atoms with Gasteiger partial charge in [-0.05, 0) is 20.4 Å². The molecule has 0 unspecified atom stereocenters. The highest BCUT2D eigenvalue weighted by molar-refractivity contribution is 14.0. The Balaban J connectivity index is 0.00000625. The molecule has 0 atom stereocenters. The van der Waals surface area contributed by atoms with E-state index in [0.717, 1.165) is 51.7 Å². The summed E-state index contributed by atoms with van der Waals surface area (Å²) in [6.07, 6.45) is 1.03. The van der Waals surface area contributed by atoms with Gasteiger partial charge in [0.2, 0.25) is 0 Å². The van der Waals surface area contributed by atoms with Gasteiger partial charge in [0.15, 0.2) is 15.8 Å². The number of ether oxygens (including phenoxy) is 1. The van der Waals surface area contributed by atoms with E-state index in [2.05, 4.69) is 32.5 Å². The minimum atomic E-state index is -2.81. The molecule has 8 nitrogen and oxygen atoms in total. The van der Waals surface area contributed by atoms with Crippen LogP contribution in [0, 0.1) is 0 Å². The minimum Gasteiger partial charge on any atom is -0.385 e. The molecule has 1 fully saturated rings. The van der Waals surface area contributed by atoms with E-state index in [0.29, 0.717) is 19.6 Å². The number of methoxy groups -OCH3 is 1. The molecule has 0 spiro atoms. The Morgan fingerprint density at radius 1 is 1.23 bits per heavy atom. The Morgan fingerprint density at radius 2 is 1.92 bits per heavy atom. The third-order valence-electron chi connectivity index (χ3n) is 4.14. The Kier molecular flexibility index (Phi) is 14.7. The van der Waals surface area contributed by atoms with Gasteiger partial charge in [-0.2, -0.15) is 0 Å². The highest BCUT2D eigenvalue weighted by Crippen LogP contribution is 2.02. The lowest BCUT2D eigenvalue weighted by Crippen LogP contribution is -2.43. The smallest absolute Gasteiger partial charge is 0.191 e. The van der Waals surface area contributed by atoms with Crippen LogP contribution in [0.2, 0.25) is 0 Å². The number of halogens is 1. The van der Waals surface area contributed by atoms with E-state index < -0.39 is 9.84 Å². The summed E-state index contributed by atoms with van der Waals surface area (Å²) in [5.74, 6) is 1.35. The van der Waals surface area contributed by atoms with Crippen molar-refractivity contribution < 1.29 is 13.2 Å². The van der Waals surface area contributed by atoms with Gasteiger partial charge in [0.05, 0.1) is 18.1 Å². The van der Waals surface area contributed by atoms with E-state index in [1.165, 1.54) is 0 Å². The number of aliphatic imine (C=N–C) groups is 1. The first-order chi connectivity index (χ1) is 12.0. The first-order valence-electron chi connectivity index (χ1n) is 9.09. The minimum absolute atomic E-state index is 0. The highest BCUT2D eigenvalue weighted by Gasteiger charge is 2.20. The molecule has 0 saturated carbocycles. The van der Waals surface area contributed by atoms with Gasteiger partial charge < -0.3 is 20.3 Å². The van der Waals surface area contributed by atoms with E-state index in [1.807, 2.05) is 6.92 Å². The highest BCUT2D eigenvalue weighted by atomic mass is 127. The number of guanidine groups is 1. The summed E-state index contributed by atoms with van der Waals surface area (Å²) < 4.78 is 27.9. The first-order valence-corrected chi connectivity index (χ1v) is 10.9. The van der Waals surface area contributed by atoms with Crippen LogP contribution in [-0.2, 0) is 14.6 Å². The fourth-order valence-electron chi connectivity index (χ4n) is 2.57. The van der Waals surface area contributed by atoms with Gasteiger partial charge in [-0.3, -0.25) is 9.89 Å². The standard InChI is InChI=1S/C16H35N5O3S.HI/c1-4-17-16(18-6-9-20(2)8-5-13-24-3)19-7-10-21-11-14-25(22,23)15-12-21;/h4-15H2,1-3H3,(H2,17,18,19);1H. The Morgan fingerprint density at radius 3 is 2.54 bits per heavy atom. The second kappa shape index (κ2) is 14.8. The maximum atomic E-state index is 11.4. The van der Waals surface area contributed by atoms with Gasteiger partial charge >= 0.3 is 0 Å². The molecule has 0 aliphatic carbocycles. The van der Waals surface area contributed by atoms with Crippen LogP contribution < -0.4 is 10.6 Å². The number of hydrogen-bond donors (Lipinski definition) is 2. The van der Waals surface area contributed by atoms with E-state index in [-0.39, 0.29) is 35.5 Å². The van der Waals surface area contributed by atoms with Crippen LogP contribution >= 0.6 is 24.0 Å². The molecule has 1 aliphatic heterocycles. The molecule has 0 amide bonds. The van der Waals surface area contributed by atoms with Crippen molar-refractivity contribution in [1.29, 1.82) is 0 Å². The predicted octanol–water partition coefficient (Wildman–Crippen LogP) is -0.142. The molecular weight excluding hydrogens is 469 g/mol. The molecule has 1 saturated heterocycles. The monoisotopic (exact) mass is 505 g/mol. The fourth-order valence-corrected chi connectivity index (χ4v) is 3.85. The van der Waals surface area contributed by atoms with Crippen LogP contribution in [0.1, 0.15) is 13.3 Å². The third kappa shape index (κ3) is 12.3. The van der Waals surface area contributed by atoms with Gasteiger partial charge in [0, 0.05) is 59.5 Å². The summed E-state index contributed by atoms with van der Waals surface area (Å²) in [5, 5.41) is 6.59. The molecule has 1 rings (SSSR count). The average Bonchev–Trinajstić information content (AvgIpc) is 2.56. The number of nitrogens with one attached hydrogen (secondary N) is 2. The van der Waals surface area contributed by atoms with Crippen molar-refractivity contribution in [3.05, 3.63) is 0 Å². The molecule has 0 aromatic rings. The molecule has 2 N–H and O–H groups in total. The van der Waals surface area contributed by atoms with Crippen molar-refractivity contribution in [2.75, 3.05) is 84.6 Å². The number of nitrogens with zero attached hydrogens (tertiary/aromatic N) is 3. The molecule has 1 heterocycles. The van der Waals surface area contributed by atoms with E-state index >= 15 is 0 Å². The van der Waals surface area contributed by atoms with E-state index in [4.69, 9.17) is 4.74 Å². The molecule has 0 aromatic carbocycles. The van der Waals surface area contributed by atoms with Crippen LogP contribution in [0.4, 0.5) is 0 Å². The van der Waals surface area contributed by atoms with Crippen LogP contribution in [0.5, 0.6) is 0 Å². The van der Waals surface area contributed by atoms with E-state index in [9.17, 15) is 8.42 Å². The maximum Gasteiger partial charge on any atom is 0.191 e. The van der Waals surface area contributed by atoms with Gasteiger partial charge in [-0.25, -0.2) is 8.42 Å². The summed E-state index contributed by atoms with van der Waals surface area (Å²) in [4.78, 5) is 9.01. The van der Waals surface area contributed by atoms with Gasteiger partial charge in [-0.15, -0.1) is 24.0 Å². The molecular formula is C16H36IN5O3S. The van der Waals surface area contributed by atoms with Crippen LogP contribution in [0.3, 0.4) is 0 Å². The van der Waals surface area contributed by atoms with Crippen LogP contribution in [-0.4, -0.2) is 109 Å². The average molecular weight is 505 g/mol. The number of rotatable bonds is 11. The lowest BCUT2D eigenvalue weighted by molar-refractivity contribution is 0.180. The topological polar surface area (TPSA) is 86.3 Å². The van der Waals surface area contributed by atoms with Gasteiger partial charge in [-0.1, -0.05) is 0 Å². The van der Waals surface area contributed by atoms with Crippen molar-refractivity contribution in [2.24, 2.45) is 4.99 Å². The Hall–Kier alpha value is -0.170. The summed E-state index contributed by atoms with van der Waals surface area (Å²) in [6, 6.07) is 0. The summed E-state index contributed by atoms with van der Waals surface area (Å²) >= 11 is 0. The van der Waals surface area contributed by atoms with Gasteiger partial charge in [0.1, 0.15) is 0 Å². The second-order valence-corrected chi connectivity index (χ2v) is 8.63. The number of likely N-dealkylation sites (N-methyl/N-ethyl adjacent to an activating group) is 1. The van der Waals surface area contributed by atoms with Crippen molar-refractivity contribution >= 4 is 39.8 Å². The van der Waals surface area contributed by atoms with Crippen LogP contribution in [0.25, 0.3) is 0 Å². The first kappa shape index (κ1) is 25.8. The fraction of sp³-hybridized carbons (Fsp3) is 0.938. The molecule has 1 aliphatic rings.